The van der Waals surface area contributed by atoms with Crippen molar-refractivity contribution in [2.24, 2.45) is 11.8 Å². The molecule has 3 heterocycles. The van der Waals surface area contributed by atoms with E-state index >= 15 is 0 Å². The number of carbonyl (C=O) groups excluding carboxylic acids is 1. The Morgan fingerprint density at radius 1 is 1.29 bits per heavy atom. The van der Waals surface area contributed by atoms with Crippen molar-refractivity contribution < 1.29 is 19.1 Å². The van der Waals surface area contributed by atoms with Gasteiger partial charge in [-0.05, 0) is 45.1 Å². The Morgan fingerprint density at radius 2 is 1.91 bits per heavy atom. The van der Waals surface area contributed by atoms with E-state index in [1.807, 2.05) is 6.92 Å². The van der Waals surface area contributed by atoms with Crippen LogP contribution < -0.4 is 0 Å². The average molecular weight is 523 g/mol. The molecule has 0 spiro atoms. The zero-order valence-electron chi connectivity index (χ0n) is 22.3. The zero-order valence-corrected chi connectivity index (χ0v) is 24.2. The van der Waals surface area contributed by atoms with E-state index in [0.717, 1.165) is 44.0 Å². The van der Waals surface area contributed by atoms with Crippen LogP contribution in [0, 0.1) is 23.2 Å². The first-order valence-electron chi connectivity index (χ1n) is 12.7. The molecule has 196 valence electrons. The molecule has 1 amide bonds. The van der Waals surface area contributed by atoms with Gasteiger partial charge in [0.15, 0.2) is 8.32 Å². The normalized spacial score (nSPS) is 27.0. The second-order valence-corrected chi connectivity index (χ2v) is 17.5. The van der Waals surface area contributed by atoms with Gasteiger partial charge in [0.05, 0.1) is 24.1 Å². The fourth-order valence-corrected chi connectivity index (χ4v) is 7.79. The summed E-state index contributed by atoms with van der Waals surface area (Å²) in [4.78, 5) is 32.8. The van der Waals surface area contributed by atoms with Crippen molar-refractivity contribution >= 4 is 32.0 Å². The first-order chi connectivity index (χ1) is 16.3. The molecule has 2 saturated heterocycles. The first-order valence-corrected chi connectivity index (χ1v) is 16.6. The van der Waals surface area contributed by atoms with Crippen LogP contribution in [0.3, 0.4) is 0 Å². The van der Waals surface area contributed by atoms with Crippen LogP contribution in [0.15, 0.2) is 10.6 Å². The topological polar surface area (TPSA) is 97.1 Å². The number of nitrogens with zero attached hydrogens (tertiary/aromatic N) is 4. The quantitative estimate of drug-likeness (QED) is 0.265. The van der Waals surface area contributed by atoms with Crippen LogP contribution >= 0.6 is 11.8 Å². The van der Waals surface area contributed by atoms with Crippen molar-refractivity contribution in [3.05, 3.63) is 10.6 Å². The van der Waals surface area contributed by atoms with Crippen LogP contribution in [-0.2, 0) is 14.0 Å². The van der Waals surface area contributed by atoms with Gasteiger partial charge in [0, 0.05) is 49.2 Å². The Kier molecular flexibility index (Phi) is 8.80. The van der Waals surface area contributed by atoms with Crippen LogP contribution in [0.25, 0.3) is 0 Å². The van der Waals surface area contributed by atoms with Crippen LogP contribution in [-0.4, -0.2) is 97.7 Å². The molecule has 0 radical (unpaired) electrons. The third-order valence-corrected chi connectivity index (χ3v) is 14.0. The highest BCUT2D eigenvalue weighted by Crippen LogP contribution is 2.53. The lowest BCUT2D eigenvalue weighted by atomic mass is 9.77. The van der Waals surface area contributed by atoms with Gasteiger partial charge in [-0.25, -0.2) is 4.79 Å². The van der Waals surface area contributed by atoms with Crippen LogP contribution in [0.5, 0.6) is 0 Å². The minimum absolute atomic E-state index is 0.0209. The van der Waals surface area contributed by atoms with Crippen molar-refractivity contribution in [2.45, 2.75) is 70.8 Å². The highest BCUT2D eigenvalue weighted by molar-refractivity contribution is 8.03. The summed E-state index contributed by atoms with van der Waals surface area (Å²) in [5, 5.41) is 19.2. The largest absolute Gasteiger partial charge is 0.477 e. The summed E-state index contributed by atoms with van der Waals surface area (Å²) in [6.45, 7) is 17.8. The maximum atomic E-state index is 13.4. The van der Waals surface area contributed by atoms with Gasteiger partial charge in [-0.2, -0.15) is 5.26 Å². The number of hydrogen-bond acceptors (Lipinski definition) is 7. The standard InChI is InChI=1S/C25H42N4O4SSi/c1-17(33-35(6,7)25(2,3)4)19-20-18(9-11-28-14-12-27(5)13-15-28)22(34-16-8-10-26)21(24(31)32)29(20)23(19)30/h17-20H,8-9,11-16H2,1-7H3,(H,31,32)/t17-,18-,19-,20-/m1/s1. The minimum Gasteiger partial charge on any atom is -0.477 e. The number of nitriles is 1. The molecule has 3 aliphatic heterocycles. The van der Waals surface area contributed by atoms with E-state index in [0.29, 0.717) is 12.2 Å². The molecule has 0 aliphatic carbocycles. The maximum Gasteiger partial charge on any atom is 0.353 e. The van der Waals surface area contributed by atoms with Crippen LogP contribution in [0.2, 0.25) is 18.1 Å². The van der Waals surface area contributed by atoms with Crippen molar-refractivity contribution in [1.29, 1.82) is 5.26 Å². The van der Waals surface area contributed by atoms with Gasteiger partial charge in [0.1, 0.15) is 5.70 Å². The summed E-state index contributed by atoms with van der Waals surface area (Å²) in [6, 6.07) is 1.96. The molecule has 0 aromatic heterocycles. The number of fused-ring (bicyclic) bond motifs is 1. The molecular weight excluding hydrogens is 480 g/mol. The second kappa shape index (κ2) is 10.9. The van der Waals surface area contributed by atoms with Crippen molar-refractivity contribution in [1.82, 2.24) is 14.7 Å². The molecule has 35 heavy (non-hydrogen) atoms. The second-order valence-electron chi connectivity index (χ2n) is 11.6. The lowest BCUT2D eigenvalue weighted by Crippen LogP contribution is -2.65. The number of β-lactam (4-membered cyclic amide) rings is 1. The van der Waals surface area contributed by atoms with E-state index in [2.05, 4.69) is 56.8 Å². The predicted molar refractivity (Wildman–Crippen MR) is 141 cm³/mol. The number of thioether (sulfide) groups is 1. The number of likely N-dealkylation sites (N-methyl/N-ethyl adjacent to an activating group) is 1. The van der Waals surface area contributed by atoms with Crippen molar-refractivity contribution in [2.75, 3.05) is 45.5 Å². The predicted octanol–water partition coefficient (Wildman–Crippen LogP) is 3.43. The average Bonchev–Trinajstić information content (AvgIpc) is 3.02. The fraction of sp³-hybridized carbons (Fsp3) is 0.800. The van der Waals surface area contributed by atoms with Gasteiger partial charge in [-0.15, -0.1) is 11.8 Å². The lowest BCUT2D eigenvalue weighted by molar-refractivity contribution is -0.163. The number of aliphatic carboxylic acids is 1. The molecule has 2 fully saturated rings. The summed E-state index contributed by atoms with van der Waals surface area (Å²) in [5.41, 5.74) is 0.127. The Balaban J connectivity index is 1.85. The van der Waals surface area contributed by atoms with Gasteiger partial charge >= 0.3 is 5.97 Å². The van der Waals surface area contributed by atoms with E-state index in [1.165, 1.54) is 16.7 Å². The number of carboxylic acids is 1. The van der Waals surface area contributed by atoms with Crippen molar-refractivity contribution in [3.63, 3.8) is 0 Å². The third-order valence-electron chi connectivity index (χ3n) is 8.23. The van der Waals surface area contributed by atoms with Crippen molar-refractivity contribution in [3.8, 4) is 6.07 Å². The van der Waals surface area contributed by atoms with Gasteiger partial charge in [-0.1, -0.05) is 20.8 Å². The highest BCUT2D eigenvalue weighted by Gasteiger charge is 2.62. The number of amides is 1. The Hall–Kier alpha value is -1.38. The number of carboxylic acid groups (broad SMARTS) is 1. The Morgan fingerprint density at radius 3 is 2.46 bits per heavy atom. The van der Waals surface area contributed by atoms with Gasteiger partial charge in [0.25, 0.3) is 0 Å². The SMILES string of the molecule is C[C@@H](O[Si](C)(C)C(C)(C)C)[C@H]1C(=O)N2C(C(=O)O)=C(SCCC#N)[C@H](CCN3CCN(C)CC3)[C@H]12. The van der Waals surface area contributed by atoms with Crippen LogP contribution in [0.4, 0.5) is 0 Å². The summed E-state index contributed by atoms with van der Waals surface area (Å²) >= 11 is 1.44. The molecule has 0 saturated carbocycles. The molecular formula is C25H42N4O4SSi. The number of piperazine rings is 1. The monoisotopic (exact) mass is 522 g/mol. The van der Waals surface area contributed by atoms with Gasteiger partial charge in [-0.3, -0.25) is 4.79 Å². The number of rotatable bonds is 10. The smallest absolute Gasteiger partial charge is 0.353 e. The molecule has 3 rings (SSSR count). The van der Waals surface area contributed by atoms with E-state index < -0.39 is 14.3 Å². The van der Waals surface area contributed by atoms with Gasteiger partial charge in [0.2, 0.25) is 5.91 Å². The minimum atomic E-state index is -2.10. The van der Waals surface area contributed by atoms with E-state index in [9.17, 15) is 14.7 Å². The molecule has 0 aromatic rings. The summed E-state index contributed by atoms with van der Waals surface area (Å²) in [5.74, 6) is -1.05. The molecule has 0 aromatic carbocycles. The summed E-state index contributed by atoms with van der Waals surface area (Å²) in [7, 11) is 0.0342. The molecule has 0 bridgehead atoms. The third kappa shape index (κ3) is 5.80. The fourth-order valence-electron chi connectivity index (χ4n) is 5.15. The molecule has 1 N–H and O–H groups in total. The lowest BCUT2D eigenvalue weighted by Gasteiger charge is -2.50. The van der Waals surface area contributed by atoms with E-state index in [-0.39, 0.29) is 40.6 Å². The molecule has 0 unspecified atom stereocenters. The maximum absolute atomic E-state index is 13.4. The molecule has 3 aliphatic rings. The molecule has 8 nitrogen and oxygen atoms in total. The Labute approximate surface area is 215 Å². The molecule has 10 heteroatoms. The van der Waals surface area contributed by atoms with Gasteiger partial charge < -0.3 is 24.2 Å². The summed E-state index contributed by atoms with van der Waals surface area (Å²) in [6.07, 6.45) is 0.876. The Bertz CT molecular complexity index is 889. The van der Waals surface area contributed by atoms with Crippen LogP contribution in [0.1, 0.15) is 40.5 Å². The zero-order chi connectivity index (χ0) is 26.1. The van der Waals surface area contributed by atoms with E-state index in [1.54, 1.807) is 0 Å². The highest BCUT2D eigenvalue weighted by atomic mass is 32.2. The number of carbonyl (C=O) groups is 2. The van der Waals surface area contributed by atoms with E-state index in [4.69, 9.17) is 9.69 Å². The number of hydrogen-bond donors (Lipinski definition) is 1. The first kappa shape index (κ1) is 28.2. The molecule has 4 atom stereocenters. The summed E-state index contributed by atoms with van der Waals surface area (Å²) < 4.78 is 6.63.